The van der Waals surface area contributed by atoms with Crippen LogP contribution in [0.2, 0.25) is 0 Å². The van der Waals surface area contributed by atoms with Gasteiger partial charge in [-0.25, -0.2) is 0 Å². The molecule has 0 bridgehead atoms. The summed E-state index contributed by atoms with van der Waals surface area (Å²) < 4.78 is 43.8. The summed E-state index contributed by atoms with van der Waals surface area (Å²) in [6, 6.07) is 11.7. The molecule has 4 rings (SSSR count). The van der Waals surface area contributed by atoms with Crippen LogP contribution in [-0.4, -0.2) is 196 Å². The van der Waals surface area contributed by atoms with Crippen LogP contribution in [0.3, 0.4) is 0 Å². The maximum absolute atomic E-state index is 13.1. The summed E-state index contributed by atoms with van der Waals surface area (Å²) in [4.78, 5) is 38.0. The van der Waals surface area contributed by atoms with Gasteiger partial charge in [-0.05, 0) is 62.4 Å². The lowest BCUT2D eigenvalue weighted by atomic mass is 10.0. The number of hydrogen-bond donors (Lipinski definition) is 11. The molecule has 22 nitrogen and oxygen atoms in total. The van der Waals surface area contributed by atoms with Gasteiger partial charge in [0.25, 0.3) is 17.7 Å². The van der Waals surface area contributed by atoms with E-state index < -0.39 is 67.3 Å². The van der Waals surface area contributed by atoms with Crippen molar-refractivity contribution in [3.05, 3.63) is 48.0 Å². The van der Waals surface area contributed by atoms with Crippen LogP contribution in [0.1, 0.15) is 24.2 Å². The van der Waals surface area contributed by atoms with E-state index in [0.29, 0.717) is 35.5 Å². The Bertz CT molecular complexity index is 1660. The van der Waals surface area contributed by atoms with Crippen molar-refractivity contribution < 1.29 is 82.9 Å². The number of nitrogens with one attached hydrogen (secondary N) is 5. The SMILES string of the molecule is CNNCCNC(=O)c1cc(OCC(=O)NCCOCCO[C@@H]2O[C@@H](C)[C@H](O)[C@@H](O)[C@H]2O)cc(-c2ccc(OCC(=O)NCCOCCO[C@@H]3O[C@@H](C)[C@H](O)[C@@H](O)[C@H]3O)cc2)c1. The number of ether oxygens (including phenoxy) is 8. The van der Waals surface area contributed by atoms with Crippen molar-refractivity contribution in [2.45, 2.75) is 75.3 Å². The fourth-order valence-electron chi connectivity index (χ4n) is 6.07. The minimum absolute atomic E-state index is 0.0312. The van der Waals surface area contributed by atoms with Gasteiger partial charge >= 0.3 is 0 Å². The van der Waals surface area contributed by atoms with E-state index in [1.165, 1.54) is 6.07 Å². The van der Waals surface area contributed by atoms with E-state index in [2.05, 4.69) is 26.8 Å². The van der Waals surface area contributed by atoms with Crippen molar-refractivity contribution >= 4 is 17.7 Å². The van der Waals surface area contributed by atoms with Gasteiger partial charge in [0.05, 0.1) is 51.8 Å². The van der Waals surface area contributed by atoms with Crippen LogP contribution in [0.5, 0.6) is 11.5 Å². The van der Waals surface area contributed by atoms with Gasteiger partial charge in [0.2, 0.25) is 0 Å². The van der Waals surface area contributed by atoms with Crippen molar-refractivity contribution in [1.82, 2.24) is 26.8 Å². The Morgan fingerprint density at radius 3 is 1.60 bits per heavy atom. The Morgan fingerprint density at radius 2 is 1.08 bits per heavy atom. The third-order valence-electron chi connectivity index (χ3n) is 9.58. The van der Waals surface area contributed by atoms with Gasteiger partial charge in [-0.1, -0.05) is 12.1 Å². The Balaban J connectivity index is 1.18. The highest BCUT2D eigenvalue weighted by Crippen LogP contribution is 2.28. The molecule has 0 aromatic heterocycles. The van der Waals surface area contributed by atoms with E-state index in [4.69, 9.17) is 37.9 Å². The monoisotopic (exact) mass is 883 g/mol. The minimum atomic E-state index is -1.42. The normalized spacial score (nSPS) is 26.1. The topological polar surface area (TPSA) is 307 Å². The fourth-order valence-corrected chi connectivity index (χ4v) is 6.07. The molecule has 11 N–H and O–H groups in total. The highest BCUT2D eigenvalue weighted by atomic mass is 16.7. The average Bonchev–Trinajstić information content (AvgIpc) is 3.27. The molecule has 0 radical (unpaired) electrons. The van der Waals surface area contributed by atoms with Crippen LogP contribution in [0.25, 0.3) is 11.1 Å². The van der Waals surface area contributed by atoms with Gasteiger partial charge in [-0.3, -0.25) is 25.2 Å². The first-order valence-electron chi connectivity index (χ1n) is 20.3. The largest absolute Gasteiger partial charge is 0.484 e. The lowest BCUT2D eigenvalue weighted by Crippen LogP contribution is -2.57. The molecule has 2 saturated heterocycles. The molecule has 2 aromatic rings. The van der Waals surface area contributed by atoms with Gasteiger partial charge in [-0.2, -0.15) is 0 Å². The van der Waals surface area contributed by atoms with E-state index in [1.54, 1.807) is 57.3 Å². The molecule has 2 aromatic carbocycles. The van der Waals surface area contributed by atoms with Crippen molar-refractivity contribution in [3.8, 4) is 22.6 Å². The summed E-state index contributed by atoms with van der Waals surface area (Å²) in [5.74, 6) is -0.492. The van der Waals surface area contributed by atoms with Crippen LogP contribution in [0.4, 0.5) is 0 Å². The molecule has 10 atom stereocenters. The van der Waals surface area contributed by atoms with Gasteiger partial charge in [0.1, 0.15) is 48.1 Å². The molecule has 2 aliphatic rings. The number of amides is 3. The Hall–Kier alpha value is -4.11. The van der Waals surface area contributed by atoms with Gasteiger partial charge in [0, 0.05) is 31.7 Å². The first-order valence-corrected chi connectivity index (χ1v) is 20.3. The van der Waals surface area contributed by atoms with Crippen molar-refractivity contribution in [2.75, 3.05) is 86.1 Å². The highest BCUT2D eigenvalue weighted by molar-refractivity contribution is 5.96. The van der Waals surface area contributed by atoms with E-state index in [9.17, 15) is 45.0 Å². The molecule has 62 heavy (non-hydrogen) atoms. The number of rotatable bonds is 26. The molecule has 3 amide bonds. The molecule has 2 aliphatic heterocycles. The predicted molar refractivity (Wildman–Crippen MR) is 217 cm³/mol. The molecular formula is C40H61N5O17. The van der Waals surface area contributed by atoms with Crippen LogP contribution in [0, 0.1) is 0 Å². The Labute approximate surface area is 359 Å². The number of aliphatic hydroxyl groups is 6. The summed E-state index contributed by atoms with van der Waals surface area (Å²) in [7, 11) is 1.71. The van der Waals surface area contributed by atoms with Crippen LogP contribution in [-0.2, 0) is 38.0 Å². The highest BCUT2D eigenvalue weighted by Gasteiger charge is 2.43. The molecule has 0 spiro atoms. The van der Waals surface area contributed by atoms with E-state index in [1.807, 2.05) is 0 Å². The molecule has 22 heteroatoms. The summed E-state index contributed by atoms with van der Waals surface area (Å²) in [6.45, 7) is 4.30. The zero-order valence-electron chi connectivity index (χ0n) is 35.0. The summed E-state index contributed by atoms with van der Waals surface area (Å²) in [5.41, 5.74) is 7.29. The van der Waals surface area contributed by atoms with Crippen LogP contribution in [0.15, 0.2) is 42.5 Å². The lowest BCUT2D eigenvalue weighted by molar-refractivity contribution is -0.294. The Morgan fingerprint density at radius 1 is 0.565 bits per heavy atom. The number of aliphatic hydroxyl groups excluding tert-OH is 6. The maximum atomic E-state index is 13.1. The number of benzene rings is 2. The number of carbonyl (C=O) groups is 3. The van der Waals surface area contributed by atoms with Crippen molar-refractivity contribution in [1.29, 1.82) is 0 Å². The zero-order valence-corrected chi connectivity index (χ0v) is 35.0. The molecule has 2 fully saturated rings. The molecule has 0 aliphatic carbocycles. The van der Waals surface area contributed by atoms with Crippen molar-refractivity contribution in [2.24, 2.45) is 0 Å². The smallest absolute Gasteiger partial charge is 0.258 e. The third-order valence-corrected chi connectivity index (χ3v) is 9.58. The second kappa shape index (κ2) is 26.5. The predicted octanol–water partition coefficient (Wildman–Crippen LogP) is -3.48. The first kappa shape index (κ1) is 50.5. The summed E-state index contributed by atoms with van der Waals surface area (Å²) in [5, 5.41) is 67.5. The molecule has 0 unspecified atom stereocenters. The quantitative estimate of drug-likeness (QED) is 0.0323. The second-order valence-corrected chi connectivity index (χ2v) is 14.3. The van der Waals surface area contributed by atoms with Crippen LogP contribution < -0.4 is 36.3 Å². The minimum Gasteiger partial charge on any atom is -0.484 e. The standard InChI is InChI=1S/C40H61N5O17/c1-23-32(48)34(50)36(52)39(61-23)57-16-14-55-12-10-42-30(46)21-59-28-6-4-25(5-7-28)26-18-27(38(54)44-8-9-45-41-3)20-29(19-26)60-22-31(47)43-11-13-56-15-17-58-40-37(53)35(51)33(49)24(2)62-40/h4-7,18-20,23-24,32-37,39-41,45,48-53H,8-17,21-22H2,1-3H3,(H,42,46)(H,43,47)(H,44,54)/t23-,24-,32-,33-,34+,35+,36+,37+,39+,40+/m0/s1. The van der Waals surface area contributed by atoms with E-state index in [-0.39, 0.29) is 83.5 Å². The second-order valence-electron chi connectivity index (χ2n) is 14.3. The van der Waals surface area contributed by atoms with E-state index in [0.717, 1.165) is 0 Å². The van der Waals surface area contributed by atoms with Gasteiger partial charge in [-0.15, -0.1) is 0 Å². The molecular weight excluding hydrogens is 822 g/mol. The molecule has 348 valence electrons. The zero-order chi connectivity index (χ0) is 45.0. The first-order chi connectivity index (χ1) is 29.8. The lowest BCUT2D eigenvalue weighted by Gasteiger charge is -2.38. The molecule has 2 heterocycles. The number of hydrazine groups is 1. The van der Waals surface area contributed by atoms with Gasteiger partial charge < -0.3 is 84.5 Å². The third kappa shape index (κ3) is 16.2. The Kier molecular flexibility index (Phi) is 21.6. The number of hydrogen-bond acceptors (Lipinski definition) is 19. The average molecular weight is 884 g/mol. The number of carbonyl (C=O) groups excluding carboxylic acids is 3. The van der Waals surface area contributed by atoms with E-state index >= 15 is 0 Å². The maximum Gasteiger partial charge on any atom is 0.258 e. The van der Waals surface area contributed by atoms with Crippen molar-refractivity contribution in [3.63, 3.8) is 0 Å². The molecule has 0 saturated carbocycles. The summed E-state index contributed by atoms with van der Waals surface area (Å²) in [6.07, 6.45) is -11.7. The van der Waals surface area contributed by atoms with Crippen LogP contribution >= 0.6 is 0 Å². The fraction of sp³-hybridized carbons (Fsp3) is 0.625. The van der Waals surface area contributed by atoms with Gasteiger partial charge in [0.15, 0.2) is 25.8 Å². The summed E-state index contributed by atoms with van der Waals surface area (Å²) >= 11 is 0.